The molecule has 14 heavy (non-hydrogen) atoms. The maximum absolute atomic E-state index is 10.7. The molecule has 1 atom stereocenters. The molecule has 0 radical (unpaired) electrons. The fourth-order valence-corrected chi connectivity index (χ4v) is 1.03. The highest BCUT2D eigenvalue weighted by Gasteiger charge is 2.17. The van der Waals surface area contributed by atoms with E-state index in [2.05, 4.69) is 5.32 Å². The maximum atomic E-state index is 10.7. The van der Waals surface area contributed by atoms with Gasteiger partial charge in [-0.25, -0.2) is 0 Å². The average molecular weight is 203 g/mol. The van der Waals surface area contributed by atoms with Crippen LogP contribution in [0.1, 0.15) is 32.6 Å². The average Bonchev–Trinajstić information content (AvgIpc) is 2.10. The third-order valence-corrected chi connectivity index (χ3v) is 1.87. The van der Waals surface area contributed by atoms with Crippen molar-refractivity contribution < 1.29 is 19.8 Å². The molecule has 0 fully saturated rings. The molecule has 5 heteroatoms. The largest absolute Gasteiger partial charge is 0.481 e. The van der Waals surface area contributed by atoms with Crippen molar-refractivity contribution in [2.45, 2.75) is 38.6 Å². The van der Waals surface area contributed by atoms with Gasteiger partial charge in [0.2, 0.25) is 0 Å². The van der Waals surface area contributed by atoms with E-state index in [0.29, 0.717) is 6.54 Å². The third kappa shape index (κ3) is 6.42. The summed E-state index contributed by atoms with van der Waals surface area (Å²) in [6, 6.07) is -0.738. The number of carbonyl (C=O) groups is 2. The van der Waals surface area contributed by atoms with E-state index in [1.165, 1.54) is 0 Å². The van der Waals surface area contributed by atoms with Crippen molar-refractivity contribution in [2.75, 3.05) is 6.54 Å². The number of unbranched alkanes of at least 4 members (excludes halogenated alkanes) is 1. The summed E-state index contributed by atoms with van der Waals surface area (Å²) in [7, 11) is 0. The molecule has 0 aliphatic rings. The van der Waals surface area contributed by atoms with Crippen LogP contribution in [0.25, 0.3) is 0 Å². The quantitative estimate of drug-likeness (QED) is 0.505. The summed E-state index contributed by atoms with van der Waals surface area (Å²) in [6.07, 6.45) is 1.90. The molecule has 0 aliphatic carbocycles. The smallest absolute Gasteiger partial charge is 0.320 e. The van der Waals surface area contributed by atoms with Crippen molar-refractivity contribution >= 4 is 11.9 Å². The topological polar surface area (TPSA) is 86.6 Å². The summed E-state index contributed by atoms with van der Waals surface area (Å²) in [5.41, 5.74) is 0. The van der Waals surface area contributed by atoms with Gasteiger partial charge in [0, 0.05) is 6.42 Å². The zero-order valence-electron chi connectivity index (χ0n) is 8.32. The van der Waals surface area contributed by atoms with Gasteiger partial charge in [-0.05, 0) is 19.4 Å². The van der Waals surface area contributed by atoms with Crippen molar-refractivity contribution in [3.63, 3.8) is 0 Å². The minimum atomic E-state index is -0.984. The van der Waals surface area contributed by atoms with Crippen molar-refractivity contribution in [3.8, 4) is 0 Å². The Morgan fingerprint density at radius 2 is 2.00 bits per heavy atom. The number of carboxylic acids is 2. The molecule has 0 aliphatic heterocycles. The molecule has 0 aromatic carbocycles. The molecular weight excluding hydrogens is 186 g/mol. The van der Waals surface area contributed by atoms with Gasteiger partial charge in [0.15, 0.2) is 0 Å². The summed E-state index contributed by atoms with van der Waals surface area (Å²) < 4.78 is 0. The van der Waals surface area contributed by atoms with Crippen LogP contribution in [-0.4, -0.2) is 34.7 Å². The van der Waals surface area contributed by atoms with Gasteiger partial charge < -0.3 is 15.5 Å². The van der Waals surface area contributed by atoms with Crippen LogP contribution in [0.2, 0.25) is 0 Å². The van der Waals surface area contributed by atoms with Crippen molar-refractivity contribution in [1.82, 2.24) is 5.32 Å². The SMILES string of the molecule is CCCCN[C@H](CCC(=O)O)C(=O)O. The molecule has 0 aromatic heterocycles. The normalized spacial score (nSPS) is 12.4. The molecular formula is C9H17NO4. The maximum Gasteiger partial charge on any atom is 0.320 e. The molecule has 0 rings (SSSR count). The van der Waals surface area contributed by atoms with Crippen LogP contribution in [0.15, 0.2) is 0 Å². The number of carboxylic acid groups (broad SMARTS) is 2. The zero-order chi connectivity index (χ0) is 11.0. The van der Waals surface area contributed by atoms with Gasteiger partial charge in [-0.1, -0.05) is 13.3 Å². The van der Waals surface area contributed by atoms with E-state index in [-0.39, 0.29) is 12.8 Å². The van der Waals surface area contributed by atoms with Gasteiger partial charge in [-0.3, -0.25) is 9.59 Å². The lowest BCUT2D eigenvalue weighted by molar-refractivity contribution is -0.140. The lowest BCUT2D eigenvalue weighted by atomic mass is 10.1. The van der Waals surface area contributed by atoms with Gasteiger partial charge in [0.25, 0.3) is 0 Å². The first-order chi connectivity index (χ1) is 6.57. The second-order valence-corrected chi connectivity index (χ2v) is 3.13. The minimum Gasteiger partial charge on any atom is -0.481 e. The molecule has 0 unspecified atom stereocenters. The first kappa shape index (κ1) is 12.9. The standard InChI is InChI=1S/C9H17NO4/c1-2-3-6-10-7(9(13)14)4-5-8(11)12/h7,10H,2-6H2,1H3,(H,11,12)(H,13,14)/t7-/m1/s1. The highest BCUT2D eigenvalue weighted by Crippen LogP contribution is 1.98. The summed E-state index contributed by atoms with van der Waals surface area (Å²) >= 11 is 0. The Kier molecular flexibility index (Phi) is 6.74. The van der Waals surface area contributed by atoms with Crippen LogP contribution in [0.5, 0.6) is 0 Å². The van der Waals surface area contributed by atoms with Crippen LogP contribution in [0, 0.1) is 0 Å². The Morgan fingerprint density at radius 1 is 1.36 bits per heavy atom. The summed E-state index contributed by atoms with van der Waals surface area (Å²) in [4.78, 5) is 20.9. The van der Waals surface area contributed by atoms with Crippen LogP contribution in [0.4, 0.5) is 0 Å². The molecule has 3 N–H and O–H groups in total. The predicted octanol–water partition coefficient (Wildman–Crippen LogP) is 0.694. The van der Waals surface area contributed by atoms with E-state index in [4.69, 9.17) is 10.2 Å². The van der Waals surface area contributed by atoms with Crippen LogP contribution >= 0.6 is 0 Å². The number of aliphatic carboxylic acids is 2. The molecule has 0 heterocycles. The molecule has 0 spiro atoms. The minimum absolute atomic E-state index is 0.115. The molecule has 82 valence electrons. The van der Waals surface area contributed by atoms with E-state index in [0.717, 1.165) is 12.8 Å². The second kappa shape index (κ2) is 7.32. The van der Waals surface area contributed by atoms with Crippen molar-refractivity contribution in [3.05, 3.63) is 0 Å². The van der Waals surface area contributed by atoms with E-state index in [9.17, 15) is 9.59 Å². The van der Waals surface area contributed by atoms with Gasteiger partial charge in [0.1, 0.15) is 6.04 Å². The fraction of sp³-hybridized carbons (Fsp3) is 0.778. The van der Waals surface area contributed by atoms with Crippen LogP contribution in [0.3, 0.4) is 0 Å². The Balaban J connectivity index is 3.78. The summed E-state index contributed by atoms with van der Waals surface area (Å²) in [5, 5.41) is 19.9. The fourth-order valence-electron chi connectivity index (χ4n) is 1.03. The lowest BCUT2D eigenvalue weighted by Crippen LogP contribution is -2.37. The van der Waals surface area contributed by atoms with Crippen LogP contribution < -0.4 is 5.32 Å². The second-order valence-electron chi connectivity index (χ2n) is 3.13. The first-order valence-electron chi connectivity index (χ1n) is 4.76. The summed E-state index contributed by atoms with van der Waals surface area (Å²) in [5.74, 6) is -1.95. The molecule has 0 saturated heterocycles. The number of hydrogen-bond donors (Lipinski definition) is 3. The van der Waals surface area contributed by atoms with E-state index < -0.39 is 18.0 Å². The van der Waals surface area contributed by atoms with Gasteiger partial charge in [-0.2, -0.15) is 0 Å². The molecule has 0 amide bonds. The third-order valence-electron chi connectivity index (χ3n) is 1.87. The molecule has 0 bridgehead atoms. The Morgan fingerprint density at radius 3 is 2.43 bits per heavy atom. The number of nitrogens with one attached hydrogen (secondary N) is 1. The Bertz CT molecular complexity index is 193. The molecule has 0 aromatic rings. The van der Waals surface area contributed by atoms with Crippen molar-refractivity contribution in [2.24, 2.45) is 0 Å². The lowest BCUT2D eigenvalue weighted by Gasteiger charge is -2.12. The Labute approximate surface area is 83.1 Å². The highest BCUT2D eigenvalue weighted by atomic mass is 16.4. The first-order valence-corrected chi connectivity index (χ1v) is 4.76. The van der Waals surface area contributed by atoms with E-state index in [1.54, 1.807) is 0 Å². The summed E-state index contributed by atoms with van der Waals surface area (Å²) in [6.45, 7) is 2.63. The molecule has 0 saturated carbocycles. The monoisotopic (exact) mass is 203 g/mol. The number of rotatable bonds is 8. The van der Waals surface area contributed by atoms with Crippen molar-refractivity contribution in [1.29, 1.82) is 0 Å². The van der Waals surface area contributed by atoms with E-state index in [1.807, 2.05) is 6.92 Å². The van der Waals surface area contributed by atoms with Gasteiger partial charge in [0.05, 0.1) is 0 Å². The Hall–Kier alpha value is -1.10. The zero-order valence-corrected chi connectivity index (χ0v) is 8.32. The van der Waals surface area contributed by atoms with Crippen LogP contribution in [-0.2, 0) is 9.59 Å². The number of hydrogen-bond acceptors (Lipinski definition) is 3. The molecule has 5 nitrogen and oxygen atoms in total. The van der Waals surface area contributed by atoms with Gasteiger partial charge in [-0.15, -0.1) is 0 Å². The predicted molar refractivity (Wildman–Crippen MR) is 51.2 cm³/mol. The van der Waals surface area contributed by atoms with Gasteiger partial charge >= 0.3 is 11.9 Å². The highest BCUT2D eigenvalue weighted by molar-refractivity contribution is 5.75. The van der Waals surface area contributed by atoms with E-state index >= 15 is 0 Å².